The van der Waals surface area contributed by atoms with Crippen molar-refractivity contribution in [1.29, 1.82) is 0 Å². The molecule has 1 aliphatic heterocycles. The van der Waals surface area contributed by atoms with Crippen molar-refractivity contribution < 1.29 is 9.18 Å². The lowest BCUT2D eigenvalue weighted by Crippen LogP contribution is -2.44. The number of likely N-dealkylation sites (tertiary alicyclic amines) is 1. The quantitative estimate of drug-likeness (QED) is 0.707. The molecule has 2 aromatic rings. The average Bonchev–Trinajstić information content (AvgIpc) is 2.68. The van der Waals surface area contributed by atoms with Gasteiger partial charge in [-0.05, 0) is 49.1 Å². The second kappa shape index (κ2) is 9.81. The van der Waals surface area contributed by atoms with Crippen LogP contribution in [-0.2, 0) is 0 Å². The van der Waals surface area contributed by atoms with E-state index in [1.807, 2.05) is 12.1 Å². The van der Waals surface area contributed by atoms with Crippen LogP contribution in [0.5, 0.6) is 0 Å². The first-order chi connectivity index (χ1) is 13.1. The van der Waals surface area contributed by atoms with Crippen LogP contribution >= 0.6 is 15.9 Å². The molecule has 0 radical (unpaired) electrons. The van der Waals surface area contributed by atoms with Gasteiger partial charge in [-0.25, -0.2) is 4.39 Å². The molecule has 1 amide bonds. The lowest BCUT2D eigenvalue weighted by Gasteiger charge is -2.32. The molecule has 27 heavy (non-hydrogen) atoms. The first kappa shape index (κ1) is 19.8. The highest BCUT2D eigenvalue weighted by molar-refractivity contribution is 9.10. The highest BCUT2D eigenvalue weighted by atomic mass is 79.9. The molecule has 0 spiro atoms. The van der Waals surface area contributed by atoms with Crippen molar-refractivity contribution in [2.24, 2.45) is 0 Å². The van der Waals surface area contributed by atoms with Gasteiger partial charge in [0, 0.05) is 30.1 Å². The summed E-state index contributed by atoms with van der Waals surface area (Å²) in [4.78, 5) is 14.6. The molecule has 0 aliphatic carbocycles. The minimum atomic E-state index is -0.468. The summed E-state index contributed by atoms with van der Waals surface area (Å²) in [6.45, 7) is 2.92. The van der Waals surface area contributed by atoms with Crippen molar-refractivity contribution in [3.8, 4) is 0 Å². The van der Waals surface area contributed by atoms with Crippen LogP contribution < -0.4 is 5.32 Å². The predicted octanol–water partition coefficient (Wildman–Crippen LogP) is 4.89. The molecule has 0 atom stereocenters. The summed E-state index contributed by atoms with van der Waals surface area (Å²) >= 11 is 3.44. The Bertz CT molecular complexity index is 783. The van der Waals surface area contributed by atoms with E-state index in [1.54, 1.807) is 12.1 Å². The molecule has 2 aromatic carbocycles. The van der Waals surface area contributed by atoms with Crippen molar-refractivity contribution in [1.82, 2.24) is 10.2 Å². The van der Waals surface area contributed by atoms with Gasteiger partial charge >= 0.3 is 0 Å². The molecule has 1 heterocycles. The predicted molar refractivity (Wildman–Crippen MR) is 111 cm³/mol. The van der Waals surface area contributed by atoms with Crippen LogP contribution in [0.2, 0.25) is 0 Å². The molecule has 1 N–H and O–H groups in total. The van der Waals surface area contributed by atoms with Crippen molar-refractivity contribution in [2.75, 3.05) is 19.6 Å². The fourth-order valence-corrected chi connectivity index (χ4v) is 3.52. The van der Waals surface area contributed by atoms with Crippen LogP contribution in [0, 0.1) is 5.82 Å². The molecule has 0 unspecified atom stereocenters. The molecular formula is C22H24BrFN2O. The van der Waals surface area contributed by atoms with E-state index in [1.165, 1.54) is 17.7 Å². The van der Waals surface area contributed by atoms with Crippen LogP contribution in [0.25, 0.3) is 6.08 Å². The Morgan fingerprint density at radius 1 is 1.15 bits per heavy atom. The summed E-state index contributed by atoms with van der Waals surface area (Å²) in [6.07, 6.45) is 7.15. The van der Waals surface area contributed by atoms with Crippen molar-refractivity contribution >= 4 is 27.9 Å². The van der Waals surface area contributed by atoms with Crippen LogP contribution in [0.4, 0.5) is 4.39 Å². The fraction of sp³-hybridized carbons (Fsp3) is 0.318. The number of benzene rings is 2. The number of nitrogens with one attached hydrogen (secondary N) is 1. The molecule has 0 bridgehead atoms. The minimum absolute atomic E-state index is 0.117. The third-order valence-electron chi connectivity index (χ3n) is 4.83. The Morgan fingerprint density at radius 2 is 1.85 bits per heavy atom. The molecule has 1 fully saturated rings. The summed E-state index contributed by atoms with van der Waals surface area (Å²) in [7, 11) is 0. The third kappa shape index (κ3) is 6.01. The monoisotopic (exact) mass is 430 g/mol. The summed E-state index contributed by atoms with van der Waals surface area (Å²) in [5.41, 5.74) is 1.32. The highest BCUT2D eigenvalue weighted by Gasteiger charge is 2.21. The van der Waals surface area contributed by atoms with E-state index in [9.17, 15) is 9.18 Å². The first-order valence-electron chi connectivity index (χ1n) is 9.31. The lowest BCUT2D eigenvalue weighted by atomic mass is 10.0. The van der Waals surface area contributed by atoms with Gasteiger partial charge in [0.25, 0.3) is 5.91 Å². The van der Waals surface area contributed by atoms with Gasteiger partial charge in [0.1, 0.15) is 5.82 Å². The summed E-state index contributed by atoms with van der Waals surface area (Å²) in [5.74, 6) is -0.783. The van der Waals surface area contributed by atoms with Crippen molar-refractivity contribution in [2.45, 2.75) is 25.3 Å². The highest BCUT2D eigenvalue weighted by Crippen LogP contribution is 2.14. The molecule has 3 rings (SSSR count). The van der Waals surface area contributed by atoms with Gasteiger partial charge in [-0.3, -0.25) is 4.79 Å². The van der Waals surface area contributed by atoms with Crippen molar-refractivity contribution in [3.05, 3.63) is 76.0 Å². The molecule has 0 saturated carbocycles. The van der Waals surface area contributed by atoms with Gasteiger partial charge < -0.3 is 10.2 Å². The number of carbonyl (C=O) groups is 1. The molecule has 5 heteroatoms. The maximum Gasteiger partial charge on any atom is 0.254 e. The number of amides is 1. The van der Waals surface area contributed by atoms with E-state index < -0.39 is 5.82 Å². The Kier molecular flexibility index (Phi) is 7.18. The Hall–Kier alpha value is -1.98. The van der Waals surface area contributed by atoms with Gasteiger partial charge in [0.2, 0.25) is 0 Å². The van der Waals surface area contributed by atoms with Gasteiger partial charge in [-0.1, -0.05) is 52.3 Å². The maximum atomic E-state index is 13.7. The normalized spacial score (nSPS) is 15.9. The zero-order valence-electron chi connectivity index (χ0n) is 15.2. The maximum absolute atomic E-state index is 13.7. The molecule has 1 aliphatic rings. The molecule has 142 valence electrons. The van der Waals surface area contributed by atoms with Crippen LogP contribution in [0.15, 0.2) is 59.1 Å². The van der Waals surface area contributed by atoms with Gasteiger partial charge in [0.15, 0.2) is 0 Å². The smallest absolute Gasteiger partial charge is 0.254 e. The Morgan fingerprint density at radius 3 is 2.56 bits per heavy atom. The standard InChI is InChI=1S/C22H24BrFN2O/c23-18-10-8-17(9-11-18)5-3-4-14-26-15-12-19(13-16-26)25-22(27)20-6-1-2-7-21(20)24/h1-3,5-11,19H,4,12-16H2,(H,25,27)/b5-3+. The van der Waals surface area contributed by atoms with Gasteiger partial charge in [-0.2, -0.15) is 0 Å². The molecular weight excluding hydrogens is 407 g/mol. The lowest BCUT2D eigenvalue weighted by molar-refractivity contribution is 0.0907. The van der Waals surface area contributed by atoms with E-state index in [0.29, 0.717) is 0 Å². The van der Waals surface area contributed by atoms with Gasteiger partial charge in [0.05, 0.1) is 5.56 Å². The number of halogens is 2. The number of piperidine rings is 1. The first-order valence-corrected chi connectivity index (χ1v) is 10.1. The van der Waals surface area contributed by atoms with Crippen LogP contribution in [0.1, 0.15) is 35.2 Å². The second-order valence-electron chi connectivity index (χ2n) is 6.81. The summed E-state index contributed by atoms with van der Waals surface area (Å²) < 4.78 is 14.8. The summed E-state index contributed by atoms with van der Waals surface area (Å²) in [5, 5.41) is 2.97. The number of rotatable bonds is 6. The molecule has 0 aromatic heterocycles. The van der Waals surface area contributed by atoms with E-state index in [4.69, 9.17) is 0 Å². The van der Waals surface area contributed by atoms with E-state index in [-0.39, 0.29) is 17.5 Å². The largest absolute Gasteiger partial charge is 0.349 e. The van der Waals surface area contributed by atoms with E-state index in [0.717, 1.165) is 43.4 Å². The number of hydrogen-bond donors (Lipinski definition) is 1. The van der Waals surface area contributed by atoms with E-state index in [2.05, 4.69) is 50.4 Å². The Balaban J connectivity index is 1.38. The molecule has 1 saturated heterocycles. The zero-order chi connectivity index (χ0) is 19.1. The summed E-state index contributed by atoms with van der Waals surface area (Å²) in [6, 6.07) is 14.5. The number of nitrogens with zero attached hydrogens (tertiary/aromatic N) is 1. The average molecular weight is 431 g/mol. The van der Waals surface area contributed by atoms with E-state index >= 15 is 0 Å². The molecule has 3 nitrogen and oxygen atoms in total. The topological polar surface area (TPSA) is 32.3 Å². The van der Waals surface area contributed by atoms with Gasteiger partial charge in [-0.15, -0.1) is 0 Å². The van der Waals surface area contributed by atoms with Crippen LogP contribution in [0.3, 0.4) is 0 Å². The minimum Gasteiger partial charge on any atom is -0.349 e. The Labute approximate surface area is 168 Å². The van der Waals surface area contributed by atoms with Crippen molar-refractivity contribution in [3.63, 3.8) is 0 Å². The SMILES string of the molecule is O=C(NC1CCN(CC/C=C/c2ccc(Br)cc2)CC1)c1ccccc1F. The number of hydrogen-bond acceptors (Lipinski definition) is 2. The third-order valence-corrected chi connectivity index (χ3v) is 5.36. The number of carbonyl (C=O) groups excluding carboxylic acids is 1. The second-order valence-corrected chi connectivity index (χ2v) is 7.73. The zero-order valence-corrected chi connectivity index (χ0v) is 16.8. The van der Waals surface area contributed by atoms with Crippen LogP contribution in [-0.4, -0.2) is 36.5 Å². The fourth-order valence-electron chi connectivity index (χ4n) is 3.26.